The molecule has 6 nitrogen and oxygen atoms in total. The lowest BCUT2D eigenvalue weighted by Gasteiger charge is -2.08. The number of hydrogen-bond acceptors (Lipinski definition) is 5. The number of aryl methyl sites for hydroxylation is 1. The summed E-state index contributed by atoms with van der Waals surface area (Å²) in [5.74, 6) is 1.66. The van der Waals surface area contributed by atoms with Crippen LogP contribution < -0.4 is 5.32 Å². The first kappa shape index (κ1) is 11.1. The molecular weight excluding hydrogens is 184 g/mol. The van der Waals surface area contributed by atoms with Gasteiger partial charge in [0.2, 0.25) is 0 Å². The van der Waals surface area contributed by atoms with Crippen LogP contribution in [0.5, 0.6) is 0 Å². The van der Waals surface area contributed by atoms with Crippen LogP contribution in [0.2, 0.25) is 0 Å². The molecule has 6 heteroatoms. The van der Waals surface area contributed by atoms with Crippen molar-refractivity contribution < 1.29 is 10.2 Å². The number of hydrogen-bond donors (Lipinski definition) is 3. The first-order valence-electron chi connectivity index (χ1n) is 4.49. The fraction of sp³-hybridized carbons (Fsp3) is 0.750. The number of aromatic nitrogens is 3. The molecule has 14 heavy (non-hydrogen) atoms. The standard InChI is InChI=1S/C8H16N4O2/c1-6-10-11-8(12(6)2)4-9-3-7(14)5-13/h7,9,13-14H,3-5H2,1-2H3. The van der Waals surface area contributed by atoms with Gasteiger partial charge in [-0.2, -0.15) is 0 Å². The van der Waals surface area contributed by atoms with E-state index in [9.17, 15) is 0 Å². The van der Waals surface area contributed by atoms with Crippen LogP contribution in [0.25, 0.3) is 0 Å². The molecule has 0 aliphatic carbocycles. The maximum absolute atomic E-state index is 9.06. The van der Waals surface area contributed by atoms with Gasteiger partial charge in [-0.25, -0.2) is 0 Å². The van der Waals surface area contributed by atoms with Crippen molar-refractivity contribution in [3.8, 4) is 0 Å². The second kappa shape index (κ2) is 5.04. The Morgan fingerprint density at radius 3 is 2.71 bits per heavy atom. The third kappa shape index (κ3) is 2.76. The van der Waals surface area contributed by atoms with Gasteiger partial charge in [0.25, 0.3) is 0 Å². The van der Waals surface area contributed by atoms with Gasteiger partial charge in [0.1, 0.15) is 11.6 Å². The van der Waals surface area contributed by atoms with E-state index in [0.717, 1.165) is 11.6 Å². The van der Waals surface area contributed by atoms with Crippen molar-refractivity contribution in [2.75, 3.05) is 13.2 Å². The zero-order valence-corrected chi connectivity index (χ0v) is 8.43. The highest BCUT2D eigenvalue weighted by molar-refractivity contribution is 4.91. The summed E-state index contributed by atoms with van der Waals surface area (Å²) in [6.07, 6.45) is -0.718. The molecule has 0 aromatic carbocycles. The average Bonchev–Trinajstić information content (AvgIpc) is 2.49. The number of rotatable bonds is 5. The lowest BCUT2D eigenvalue weighted by Crippen LogP contribution is -2.29. The van der Waals surface area contributed by atoms with E-state index >= 15 is 0 Å². The zero-order chi connectivity index (χ0) is 10.6. The third-order valence-electron chi connectivity index (χ3n) is 2.06. The van der Waals surface area contributed by atoms with Crippen molar-refractivity contribution in [3.05, 3.63) is 11.6 Å². The van der Waals surface area contributed by atoms with Crippen molar-refractivity contribution in [3.63, 3.8) is 0 Å². The third-order valence-corrected chi connectivity index (χ3v) is 2.06. The Bertz CT molecular complexity index is 287. The smallest absolute Gasteiger partial charge is 0.146 e. The summed E-state index contributed by atoms with van der Waals surface area (Å²) in [6, 6.07) is 0. The molecule has 1 aromatic heterocycles. The molecule has 0 fully saturated rings. The molecule has 0 radical (unpaired) electrons. The monoisotopic (exact) mass is 200 g/mol. The van der Waals surface area contributed by atoms with E-state index < -0.39 is 6.10 Å². The highest BCUT2D eigenvalue weighted by Gasteiger charge is 2.05. The van der Waals surface area contributed by atoms with E-state index in [0.29, 0.717) is 13.1 Å². The Kier molecular flexibility index (Phi) is 3.99. The van der Waals surface area contributed by atoms with E-state index in [1.165, 1.54) is 0 Å². The van der Waals surface area contributed by atoms with Crippen molar-refractivity contribution in [2.45, 2.75) is 19.6 Å². The van der Waals surface area contributed by atoms with Gasteiger partial charge in [0, 0.05) is 13.6 Å². The second-order valence-electron chi connectivity index (χ2n) is 3.19. The molecule has 0 bridgehead atoms. The van der Waals surface area contributed by atoms with E-state index in [1.807, 2.05) is 18.5 Å². The molecule has 1 aromatic rings. The summed E-state index contributed by atoms with van der Waals surface area (Å²) in [7, 11) is 1.88. The zero-order valence-electron chi connectivity index (χ0n) is 8.43. The van der Waals surface area contributed by atoms with Gasteiger partial charge in [-0.15, -0.1) is 10.2 Å². The lowest BCUT2D eigenvalue weighted by atomic mass is 10.4. The molecule has 1 atom stereocenters. The first-order valence-corrected chi connectivity index (χ1v) is 4.49. The summed E-state index contributed by atoms with van der Waals surface area (Å²) in [6.45, 7) is 2.53. The van der Waals surface area contributed by atoms with E-state index in [1.54, 1.807) is 0 Å². The number of aliphatic hydroxyl groups is 2. The second-order valence-corrected chi connectivity index (χ2v) is 3.19. The average molecular weight is 200 g/mol. The summed E-state index contributed by atoms with van der Waals surface area (Å²) >= 11 is 0. The molecule has 0 saturated heterocycles. The summed E-state index contributed by atoms with van der Waals surface area (Å²) < 4.78 is 1.87. The number of aliphatic hydroxyl groups excluding tert-OH is 2. The predicted octanol–water partition coefficient (Wildman–Crippen LogP) is -1.43. The van der Waals surface area contributed by atoms with Crippen LogP contribution in [0.1, 0.15) is 11.6 Å². The van der Waals surface area contributed by atoms with Crippen LogP contribution in [0.3, 0.4) is 0 Å². The minimum Gasteiger partial charge on any atom is -0.394 e. The summed E-state index contributed by atoms with van der Waals surface area (Å²) in [5.41, 5.74) is 0. The van der Waals surface area contributed by atoms with Gasteiger partial charge in [0.15, 0.2) is 0 Å². The van der Waals surface area contributed by atoms with Crippen LogP contribution in [0.15, 0.2) is 0 Å². The minimum atomic E-state index is -0.718. The Hall–Kier alpha value is -0.980. The van der Waals surface area contributed by atoms with Crippen LogP contribution in [-0.4, -0.2) is 44.2 Å². The Morgan fingerprint density at radius 1 is 1.50 bits per heavy atom. The maximum atomic E-state index is 9.06. The van der Waals surface area contributed by atoms with Gasteiger partial charge >= 0.3 is 0 Å². The Labute approximate surface area is 82.6 Å². The van der Waals surface area contributed by atoms with E-state index in [-0.39, 0.29) is 6.61 Å². The number of nitrogens with zero attached hydrogens (tertiary/aromatic N) is 3. The van der Waals surface area contributed by atoms with Crippen molar-refractivity contribution in [2.24, 2.45) is 7.05 Å². The Balaban J connectivity index is 2.35. The topological polar surface area (TPSA) is 83.2 Å². The molecule has 0 spiro atoms. The van der Waals surface area contributed by atoms with Gasteiger partial charge in [0.05, 0.1) is 19.3 Å². The summed E-state index contributed by atoms with van der Waals surface area (Å²) in [4.78, 5) is 0. The lowest BCUT2D eigenvalue weighted by molar-refractivity contribution is 0.0940. The van der Waals surface area contributed by atoms with Crippen molar-refractivity contribution in [1.82, 2.24) is 20.1 Å². The molecule has 1 unspecified atom stereocenters. The first-order chi connectivity index (χ1) is 6.65. The van der Waals surface area contributed by atoms with Gasteiger partial charge in [-0.05, 0) is 6.92 Å². The minimum absolute atomic E-state index is 0.231. The quantitative estimate of drug-likeness (QED) is 0.542. The van der Waals surface area contributed by atoms with Crippen LogP contribution in [0, 0.1) is 6.92 Å². The maximum Gasteiger partial charge on any atom is 0.146 e. The van der Waals surface area contributed by atoms with Crippen LogP contribution in [0.4, 0.5) is 0 Å². The highest BCUT2D eigenvalue weighted by atomic mass is 16.3. The van der Waals surface area contributed by atoms with Crippen molar-refractivity contribution in [1.29, 1.82) is 0 Å². The van der Waals surface area contributed by atoms with Crippen molar-refractivity contribution >= 4 is 0 Å². The molecule has 0 aliphatic rings. The molecule has 3 N–H and O–H groups in total. The predicted molar refractivity (Wildman–Crippen MR) is 50.5 cm³/mol. The largest absolute Gasteiger partial charge is 0.394 e. The van der Waals surface area contributed by atoms with E-state index in [2.05, 4.69) is 15.5 Å². The van der Waals surface area contributed by atoms with Gasteiger partial charge in [-0.1, -0.05) is 0 Å². The molecule has 0 saturated carbocycles. The molecule has 0 amide bonds. The molecule has 0 aliphatic heterocycles. The Morgan fingerprint density at radius 2 is 2.21 bits per heavy atom. The highest BCUT2D eigenvalue weighted by Crippen LogP contribution is 1.96. The molecular formula is C8H16N4O2. The molecule has 1 rings (SSSR count). The molecule has 1 heterocycles. The fourth-order valence-electron chi connectivity index (χ4n) is 1.02. The van der Waals surface area contributed by atoms with Gasteiger partial charge in [-0.3, -0.25) is 0 Å². The fourth-order valence-corrected chi connectivity index (χ4v) is 1.02. The van der Waals surface area contributed by atoms with Gasteiger partial charge < -0.3 is 20.1 Å². The summed E-state index contributed by atoms with van der Waals surface area (Å²) in [5, 5.41) is 28.4. The molecule has 80 valence electrons. The number of nitrogens with one attached hydrogen (secondary N) is 1. The van der Waals surface area contributed by atoms with Crippen LogP contribution in [-0.2, 0) is 13.6 Å². The van der Waals surface area contributed by atoms with Crippen LogP contribution >= 0.6 is 0 Å². The van der Waals surface area contributed by atoms with E-state index in [4.69, 9.17) is 10.2 Å². The normalized spacial score (nSPS) is 13.1. The SMILES string of the molecule is Cc1nnc(CNCC(O)CO)n1C.